The lowest BCUT2D eigenvalue weighted by Crippen LogP contribution is -2.40. The molecule has 2 aromatic rings. The summed E-state index contributed by atoms with van der Waals surface area (Å²) in [5.41, 5.74) is 3.13. The van der Waals surface area contributed by atoms with Gasteiger partial charge >= 0.3 is 0 Å². The van der Waals surface area contributed by atoms with Crippen LogP contribution < -0.4 is 19.5 Å². The summed E-state index contributed by atoms with van der Waals surface area (Å²) in [4.78, 5) is 0. The van der Waals surface area contributed by atoms with E-state index in [-0.39, 0.29) is 18.4 Å². The van der Waals surface area contributed by atoms with Crippen molar-refractivity contribution in [2.45, 2.75) is 25.0 Å². The molecule has 0 unspecified atom stereocenters. The molecule has 25 heavy (non-hydrogen) atoms. The smallest absolute Gasteiger partial charge is 0.231 e. The van der Waals surface area contributed by atoms with E-state index in [0.29, 0.717) is 5.92 Å². The van der Waals surface area contributed by atoms with E-state index in [1.807, 2.05) is 18.2 Å². The Bertz CT molecular complexity index is 819. The van der Waals surface area contributed by atoms with Gasteiger partial charge in [0.25, 0.3) is 0 Å². The van der Waals surface area contributed by atoms with E-state index >= 15 is 0 Å². The molecule has 3 atom stereocenters. The summed E-state index contributed by atoms with van der Waals surface area (Å²) in [7, 11) is 1.69. The van der Waals surface area contributed by atoms with Gasteiger partial charge in [-0.2, -0.15) is 0 Å². The van der Waals surface area contributed by atoms with Gasteiger partial charge in [0.05, 0.1) is 18.8 Å². The van der Waals surface area contributed by atoms with Crippen LogP contribution in [0, 0.1) is 5.92 Å². The molecule has 5 rings (SSSR count). The largest absolute Gasteiger partial charge is 0.497 e. The number of anilines is 1. The SMILES string of the molecule is COc1ccc([C@@H]2Nc3cc4c(cc3[C@@]3(C)OCC[C@@H]23)OCO4)cc1. The van der Waals surface area contributed by atoms with Crippen LogP contribution in [0.25, 0.3) is 0 Å². The van der Waals surface area contributed by atoms with Crippen LogP contribution in [0.15, 0.2) is 36.4 Å². The lowest BCUT2D eigenvalue weighted by atomic mass is 9.73. The highest BCUT2D eigenvalue weighted by Gasteiger charge is 2.51. The fourth-order valence-electron chi connectivity index (χ4n) is 4.41. The van der Waals surface area contributed by atoms with Gasteiger partial charge in [-0.3, -0.25) is 0 Å². The van der Waals surface area contributed by atoms with E-state index in [1.165, 1.54) is 5.56 Å². The van der Waals surface area contributed by atoms with Crippen LogP contribution in [-0.2, 0) is 10.3 Å². The Labute approximate surface area is 146 Å². The minimum Gasteiger partial charge on any atom is -0.497 e. The van der Waals surface area contributed by atoms with Gasteiger partial charge in [-0.25, -0.2) is 0 Å². The maximum atomic E-state index is 6.27. The monoisotopic (exact) mass is 339 g/mol. The van der Waals surface area contributed by atoms with Crippen LogP contribution in [0.2, 0.25) is 0 Å². The number of ether oxygens (including phenoxy) is 4. The van der Waals surface area contributed by atoms with E-state index in [0.717, 1.165) is 41.5 Å². The van der Waals surface area contributed by atoms with Gasteiger partial charge in [0, 0.05) is 29.8 Å². The second-order valence-electron chi connectivity index (χ2n) is 7.00. The molecule has 3 aliphatic heterocycles. The molecule has 130 valence electrons. The van der Waals surface area contributed by atoms with Crippen LogP contribution in [0.3, 0.4) is 0 Å². The van der Waals surface area contributed by atoms with Gasteiger partial charge in [-0.1, -0.05) is 12.1 Å². The van der Waals surface area contributed by atoms with Crippen LogP contribution in [0.5, 0.6) is 17.2 Å². The lowest BCUT2D eigenvalue weighted by Gasteiger charge is -2.43. The average Bonchev–Trinajstić information content (AvgIpc) is 3.26. The second kappa shape index (κ2) is 5.30. The van der Waals surface area contributed by atoms with E-state index in [9.17, 15) is 0 Å². The fourth-order valence-corrected chi connectivity index (χ4v) is 4.41. The van der Waals surface area contributed by atoms with E-state index in [2.05, 4.69) is 30.4 Å². The fraction of sp³-hybridized carbons (Fsp3) is 0.400. The van der Waals surface area contributed by atoms with Crippen molar-refractivity contribution < 1.29 is 18.9 Å². The molecule has 0 spiro atoms. The van der Waals surface area contributed by atoms with E-state index in [4.69, 9.17) is 18.9 Å². The summed E-state index contributed by atoms with van der Waals surface area (Å²) >= 11 is 0. The van der Waals surface area contributed by atoms with Crippen LogP contribution in [0.4, 0.5) is 5.69 Å². The molecule has 5 heteroatoms. The molecule has 3 heterocycles. The first kappa shape index (κ1) is 14.9. The standard InChI is InChI=1S/C20H21NO4/c1-20-14(7-8-25-20)19(12-3-5-13(22-2)6-4-12)21-16-10-18-17(9-15(16)20)23-11-24-18/h3-6,9-10,14,19,21H,7-8,11H2,1-2H3/t14-,19-,20-/m0/s1. The normalized spacial score (nSPS) is 28.9. The summed E-state index contributed by atoms with van der Waals surface area (Å²) in [5.74, 6) is 2.82. The zero-order valence-electron chi connectivity index (χ0n) is 14.4. The Balaban J connectivity index is 1.61. The third-order valence-electron chi connectivity index (χ3n) is 5.77. The number of nitrogens with one attached hydrogen (secondary N) is 1. The van der Waals surface area contributed by atoms with E-state index in [1.54, 1.807) is 7.11 Å². The van der Waals surface area contributed by atoms with Crippen molar-refractivity contribution in [3.05, 3.63) is 47.5 Å². The number of rotatable bonds is 2. The summed E-state index contributed by atoms with van der Waals surface area (Å²) in [6.07, 6.45) is 1.02. The number of fused-ring (bicyclic) bond motifs is 4. The first-order valence-electron chi connectivity index (χ1n) is 8.67. The molecule has 0 aliphatic carbocycles. The van der Waals surface area contributed by atoms with Crippen molar-refractivity contribution in [1.82, 2.24) is 0 Å². The van der Waals surface area contributed by atoms with Gasteiger partial charge in [0.15, 0.2) is 11.5 Å². The van der Waals surface area contributed by atoms with Gasteiger partial charge in [0.1, 0.15) is 5.75 Å². The summed E-state index contributed by atoms with van der Waals surface area (Å²) in [5, 5.41) is 3.72. The van der Waals surface area contributed by atoms with Crippen molar-refractivity contribution in [2.24, 2.45) is 5.92 Å². The van der Waals surface area contributed by atoms with Crippen molar-refractivity contribution >= 4 is 5.69 Å². The van der Waals surface area contributed by atoms with Crippen molar-refractivity contribution in [2.75, 3.05) is 25.8 Å². The molecule has 0 aromatic heterocycles. The van der Waals surface area contributed by atoms with Gasteiger partial charge in [-0.05, 0) is 37.1 Å². The molecule has 5 nitrogen and oxygen atoms in total. The highest BCUT2D eigenvalue weighted by molar-refractivity contribution is 5.66. The Hall–Kier alpha value is -2.40. The number of hydrogen-bond donors (Lipinski definition) is 1. The molecular weight excluding hydrogens is 318 g/mol. The zero-order chi connectivity index (χ0) is 17.0. The predicted octanol–water partition coefficient (Wildman–Crippen LogP) is 3.84. The molecule has 1 saturated heterocycles. The summed E-state index contributed by atoms with van der Waals surface area (Å²) in [6.45, 7) is 3.24. The van der Waals surface area contributed by atoms with Gasteiger partial charge < -0.3 is 24.3 Å². The topological polar surface area (TPSA) is 49.0 Å². The predicted molar refractivity (Wildman–Crippen MR) is 93.3 cm³/mol. The second-order valence-corrected chi connectivity index (χ2v) is 7.00. The molecule has 2 aromatic carbocycles. The lowest BCUT2D eigenvalue weighted by molar-refractivity contribution is -0.0179. The summed E-state index contributed by atoms with van der Waals surface area (Å²) < 4.78 is 22.7. The Morgan fingerprint density at radius 3 is 2.64 bits per heavy atom. The third-order valence-corrected chi connectivity index (χ3v) is 5.77. The molecule has 1 fully saturated rings. The first-order chi connectivity index (χ1) is 12.2. The number of hydrogen-bond acceptors (Lipinski definition) is 5. The van der Waals surface area contributed by atoms with Crippen LogP contribution >= 0.6 is 0 Å². The molecule has 0 bridgehead atoms. The molecule has 0 saturated carbocycles. The number of methoxy groups -OCH3 is 1. The Morgan fingerprint density at radius 2 is 1.88 bits per heavy atom. The van der Waals surface area contributed by atoms with E-state index < -0.39 is 0 Å². The Kier molecular flexibility index (Phi) is 3.16. The molecule has 0 radical (unpaired) electrons. The van der Waals surface area contributed by atoms with Crippen molar-refractivity contribution in [1.29, 1.82) is 0 Å². The first-order valence-corrected chi connectivity index (χ1v) is 8.67. The number of benzene rings is 2. The maximum absolute atomic E-state index is 6.27. The van der Waals surface area contributed by atoms with Crippen LogP contribution in [-0.4, -0.2) is 20.5 Å². The quantitative estimate of drug-likeness (QED) is 0.901. The third kappa shape index (κ3) is 2.12. The highest BCUT2D eigenvalue weighted by atomic mass is 16.7. The minimum absolute atomic E-state index is 0.186. The zero-order valence-corrected chi connectivity index (χ0v) is 14.4. The molecule has 1 N–H and O–H groups in total. The van der Waals surface area contributed by atoms with Gasteiger partial charge in [0.2, 0.25) is 6.79 Å². The van der Waals surface area contributed by atoms with Crippen LogP contribution in [0.1, 0.15) is 30.5 Å². The molecule has 0 amide bonds. The Morgan fingerprint density at radius 1 is 1.12 bits per heavy atom. The maximum Gasteiger partial charge on any atom is 0.231 e. The van der Waals surface area contributed by atoms with Gasteiger partial charge in [-0.15, -0.1) is 0 Å². The van der Waals surface area contributed by atoms with Crippen molar-refractivity contribution in [3.8, 4) is 17.2 Å². The highest BCUT2D eigenvalue weighted by Crippen LogP contribution is 2.56. The average molecular weight is 339 g/mol. The molecular formula is C20H21NO4. The minimum atomic E-state index is -0.327. The summed E-state index contributed by atoms with van der Waals surface area (Å²) in [6, 6.07) is 12.6. The molecule has 3 aliphatic rings. The van der Waals surface area contributed by atoms with Crippen molar-refractivity contribution in [3.63, 3.8) is 0 Å².